The lowest BCUT2D eigenvalue weighted by Crippen LogP contribution is -2.28. The van der Waals surface area contributed by atoms with Crippen LogP contribution in [0.5, 0.6) is 0 Å². The fourth-order valence-corrected chi connectivity index (χ4v) is 3.14. The summed E-state index contributed by atoms with van der Waals surface area (Å²) in [6.45, 7) is 9.18. The smallest absolute Gasteiger partial charge is 0.129 e. The zero-order chi connectivity index (χ0) is 15.2. The molecule has 0 amide bonds. The van der Waals surface area contributed by atoms with Gasteiger partial charge in [0.05, 0.1) is 0 Å². The SMILES string of the molecule is CCC1CCCN(c2cccc(F)c2CNC(C)C)CC1. The van der Waals surface area contributed by atoms with Crippen molar-refractivity contribution in [1.82, 2.24) is 5.32 Å². The van der Waals surface area contributed by atoms with E-state index in [2.05, 4.69) is 37.1 Å². The van der Waals surface area contributed by atoms with E-state index in [0.29, 0.717) is 12.6 Å². The van der Waals surface area contributed by atoms with E-state index >= 15 is 0 Å². The predicted molar refractivity (Wildman–Crippen MR) is 88.2 cm³/mol. The lowest BCUT2D eigenvalue weighted by molar-refractivity contribution is 0.459. The van der Waals surface area contributed by atoms with Crippen molar-refractivity contribution in [2.24, 2.45) is 5.92 Å². The Hall–Kier alpha value is -1.09. The highest BCUT2D eigenvalue weighted by Crippen LogP contribution is 2.28. The molecule has 1 heterocycles. The fourth-order valence-electron chi connectivity index (χ4n) is 3.14. The molecule has 0 radical (unpaired) electrons. The number of nitrogens with one attached hydrogen (secondary N) is 1. The van der Waals surface area contributed by atoms with Crippen molar-refractivity contribution in [3.8, 4) is 0 Å². The Balaban J connectivity index is 2.16. The Morgan fingerprint density at radius 1 is 1.29 bits per heavy atom. The molecule has 1 aromatic carbocycles. The molecule has 1 atom stereocenters. The van der Waals surface area contributed by atoms with Gasteiger partial charge in [0.15, 0.2) is 0 Å². The summed E-state index contributed by atoms with van der Waals surface area (Å²) in [4.78, 5) is 2.38. The summed E-state index contributed by atoms with van der Waals surface area (Å²) in [6.07, 6.45) is 5.01. The van der Waals surface area contributed by atoms with Crippen molar-refractivity contribution in [3.05, 3.63) is 29.6 Å². The van der Waals surface area contributed by atoms with E-state index < -0.39 is 0 Å². The number of rotatable bonds is 5. The van der Waals surface area contributed by atoms with Gasteiger partial charge in [-0.15, -0.1) is 0 Å². The molecule has 118 valence electrons. The summed E-state index contributed by atoms with van der Waals surface area (Å²) >= 11 is 0. The van der Waals surface area contributed by atoms with E-state index in [1.54, 1.807) is 6.07 Å². The Kier molecular flexibility index (Phi) is 6.04. The summed E-state index contributed by atoms with van der Waals surface area (Å²) < 4.78 is 14.2. The van der Waals surface area contributed by atoms with Gasteiger partial charge < -0.3 is 10.2 Å². The van der Waals surface area contributed by atoms with Gasteiger partial charge in [0, 0.05) is 36.9 Å². The van der Waals surface area contributed by atoms with Crippen LogP contribution in [0, 0.1) is 11.7 Å². The van der Waals surface area contributed by atoms with Crippen LogP contribution >= 0.6 is 0 Å². The van der Waals surface area contributed by atoms with Crippen LogP contribution in [0.25, 0.3) is 0 Å². The van der Waals surface area contributed by atoms with E-state index in [1.807, 2.05) is 6.07 Å². The van der Waals surface area contributed by atoms with Crippen LogP contribution in [-0.2, 0) is 6.54 Å². The monoisotopic (exact) mass is 292 g/mol. The summed E-state index contributed by atoms with van der Waals surface area (Å²) in [6, 6.07) is 5.86. The van der Waals surface area contributed by atoms with E-state index in [4.69, 9.17) is 0 Å². The molecule has 0 spiro atoms. The van der Waals surface area contributed by atoms with Gasteiger partial charge in [-0.2, -0.15) is 0 Å². The van der Waals surface area contributed by atoms with E-state index in [9.17, 15) is 4.39 Å². The zero-order valence-corrected chi connectivity index (χ0v) is 13.7. The molecule has 1 aromatic rings. The number of nitrogens with zero attached hydrogens (tertiary/aromatic N) is 1. The first-order valence-corrected chi connectivity index (χ1v) is 8.37. The Labute approximate surface area is 128 Å². The van der Waals surface area contributed by atoms with E-state index in [-0.39, 0.29) is 5.82 Å². The minimum atomic E-state index is -0.0862. The molecule has 21 heavy (non-hydrogen) atoms. The van der Waals surface area contributed by atoms with Crippen LogP contribution in [0.2, 0.25) is 0 Å². The van der Waals surface area contributed by atoms with Gasteiger partial charge in [0.25, 0.3) is 0 Å². The molecule has 0 aromatic heterocycles. The number of benzene rings is 1. The summed E-state index contributed by atoms with van der Waals surface area (Å²) in [5.41, 5.74) is 1.90. The molecule has 0 saturated carbocycles. The van der Waals surface area contributed by atoms with Gasteiger partial charge in [-0.3, -0.25) is 0 Å². The van der Waals surface area contributed by atoms with Gasteiger partial charge in [0.1, 0.15) is 5.82 Å². The molecule has 3 heteroatoms. The number of hydrogen-bond donors (Lipinski definition) is 1. The minimum Gasteiger partial charge on any atom is -0.371 e. The average Bonchev–Trinajstić information content (AvgIpc) is 2.70. The second-order valence-corrected chi connectivity index (χ2v) is 6.47. The van der Waals surface area contributed by atoms with Crippen LogP contribution in [0.3, 0.4) is 0 Å². The standard InChI is InChI=1S/C18H29FN2/c1-4-15-7-6-11-21(12-10-15)18-9-5-8-17(19)16(18)13-20-14(2)3/h5,8-9,14-15,20H,4,6-7,10-13H2,1-3H3. The van der Waals surface area contributed by atoms with Gasteiger partial charge in [0.2, 0.25) is 0 Å². The average molecular weight is 292 g/mol. The zero-order valence-electron chi connectivity index (χ0n) is 13.7. The fraction of sp³-hybridized carbons (Fsp3) is 0.667. The van der Waals surface area contributed by atoms with Gasteiger partial charge in [-0.05, 0) is 37.3 Å². The first-order chi connectivity index (χ1) is 10.1. The number of hydrogen-bond acceptors (Lipinski definition) is 2. The maximum absolute atomic E-state index is 14.2. The van der Waals surface area contributed by atoms with E-state index in [0.717, 1.165) is 30.3 Å². The largest absolute Gasteiger partial charge is 0.371 e. The molecule has 1 aliphatic rings. The molecule has 1 aliphatic heterocycles. The third-order valence-electron chi connectivity index (χ3n) is 4.55. The molecule has 1 N–H and O–H groups in total. The minimum absolute atomic E-state index is 0.0862. The van der Waals surface area contributed by atoms with Gasteiger partial charge in [-0.25, -0.2) is 4.39 Å². The highest BCUT2D eigenvalue weighted by Gasteiger charge is 2.19. The quantitative estimate of drug-likeness (QED) is 0.868. The predicted octanol–water partition coefficient (Wildman–Crippen LogP) is 4.34. The molecule has 0 aliphatic carbocycles. The molecular formula is C18H29FN2. The maximum Gasteiger partial charge on any atom is 0.129 e. The van der Waals surface area contributed by atoms with E-state index in [1.165, 1.54) is 25.7 Å². The maximum atomic E-state index is 14.2. The second-order valence-electron chi connectivity index (χ2n) is 6.47. The molecule has 1 saturated heterocycles. The summed E-state index contributed by atoms with van der Waals surface area (Å²) in [5, 5.41) is 3.35. The van der Waals surface area contributed by atoms with Crippen molar-refractivity contribution >= 4 is 5.69 Å². The van der Waals surface area contributed by atoms with Crippen LogP contribution in [0.4, 0.5) is 10.1 Å². The Morgan fingerprint density at radius 3 is 2.81 bits per heavy atom. The van der Waals surface area contributed by atoms with Crippen molar-refractivity contribution < 1.29 is 4.39 Å². The Morgan fingerprint density at radius 2 is 2.10 bits per heavy atom. The number of anilines is 1. The highest BCUT2D eigenvalue weighted by molar-refractivity contribution is 5.54. The Bertz CT molecular complexity index is 445. The topological polar surface area (TPSA) is 15.3 Å². The summed E-state index contributed by atoms with van der Waals surface area (Å²) in [7, 11) is 0. The van der Waals surface area contributed by atoms with Gasteiger partial charge in [-0.1, -0.05) is 33.3 Å². The molecular weight excluding hydrogens is 263 g/mol. The normalized spacial score (nSPS) is 19.9. The van der Waals surface area contributed by atoms with Crippen LogP contribution in [0.1, 0.15) is 52.0 Å². The molecule has 2 rings (SSSR count). The van der Waals surface area contributed by atoms with Crippen molar-refractivity contribution in [3.63, 3.8) is 0 Å². The molecule has 1 unspecified atom stereocenters. The molecule has 2 nitrogen and oxygen atoms in total. The lowest BCUT2D eigenvalue weighted by Gasteiger charge is -2.26. The van der Waals surface area contributed by atoms with Crippen molar-refractivity contribution in [2.45, 2.75) is 59.0 Å². The van der Waals surface area contributed by atoms with Crippen molar-refractivity contribution in [2.75, 3.05) is 18.0 Å². The molecule has 1 fully saturated rings. The van der Waals surface area contributed by atoms with Crippen LogP contribution < -0.4 is 10.2 Å². The van der Waals surface area contributed by atoms with Crippen LogP contribution in [-0.4, -0.2) is 19.1 Å². The third kappa shape index (κ3) is 4.44. The first kappa shape index (κ1) is 16.3. The number of halogens is 1. The lowest BCUT2D eigenvalue weighted by atomic mass is 9.98. The first-order valence-electron chi connectivity index (χ1n) is 8.37. The summed E-state index contributed by atoms with van der Waals surface area (Å²) in [5.74, 6) is 0.748. The highest BCUT2D eigenvalue weighted by atomic mass is 19.1. The molecule has 0 bridgehead atoms. The second kappa shape index (κ2) is 7.79. The van der Waals surface area contributed by atoms with Gasteiger partial charge >= 0.3 is 0 Å². The van der Waals surface area contributed by atoms with Crippen LogP contribution in [0.15, 0.2) is 18.2 Å². The van der Waals surface area contributed by atoms with Crippen molar-refractivity contribution in [1.29, 1.82) is 0 Å². The third-order valence-corrected chi connectivity index (χ3v) is 4.55.